The Kier molecular flexibility index (Phi) is 29.3. The lowest BCUT2D eigenvalue weighted by Crippen LogP contribution is -2.43. The van der Waals surface area contributed by atoms with Crippen LogP contribution < -0.4 is 43.0 Å². The van der Waals surface area contributed by atoms with E-state index in [9.17, 15) is 24.3 Å². The van der Waals surface area contributed by atoms with E-state index in [1.807, 2.05) is 200 Å². The average molecular weight is 1860 g/mol. The van der Waals surface area contributed by atoms with E-state index in [1.54, 1.807) is 61.7 Å². The van der Waals surface area contributed by atoms with Gasteiger partial charge in [-0.05, 0) is 212 Å². The van der Waals surface area contributed by atoms with Crippen LogP contribution in [-0.2, 0) is 4.74 Å². The Morgan fingerprint density at radius 2 is 0.843 bits per heavy atom. The summed E-state index contributed by atoms with van der Waals surface area (Å²) in [6.07, 6.45) is 23.6. The van der Waals surface area contributed by atoms with Gasteiger partial charge in [0.25, 0.3) is 11.8 Å². The number of fused-ring (bicyclic) bond motifs is 4. The van der Waals surface area contributed by atoms with Crippen molar-refractivity contribution < 1.29 is 33.1 Å². The number of urea groups is 1. The number of nitrogens with one attached hydrogen (secondary N) is 8. The molecular formula is C100H84Cl4N22O8. The molecule has 0 aliphatic carbocycles. The molecule has 34 heteroatoms. The van der Waals surface area contributed by atoms with E-state index in [0.717, 1.165) is 193 Å². The van der Waals surface area contributed by atoms with Crippen LogP contribution in [0.1, 0.15) is 40.0 Å². The number of amides is 2. The number of nitrogens with zero attached hydrogens (tertiary/aromatic N) is 14. The van der Waals surface area contributed by atoms with Crippen molar-refractivity contribution in [2.45, 2.75) is 19.3 Å². The number of aromatic nitrogens is 13. The third-order valence-electron chi connectivity index (χ3n) is 21.9. The molecule has 2 amide bonds. The summed E-state index contributed by atoms with van der Waals surface area (Å²) in [7, 11) is 0. The largest absolute Gasteiger partial charge is 0.478 e. The number of halogens is 4. The third kappa shape index (κ3) is 23.8. The standard InChI is InChI=1S/C29H30ClN7O2.C28H26ClN7O2.C22H14ClN5O2.C21H14ClN3O2/c30-23-5-4-6-24(15-23)36-28-25-14-20(7-8-26(25)34-19-35-28)21-13-22(17-31-16-21)27(38)18-33-29(39)32-9-12-37-10-2-1-3-11-37;29-22-2-1-3-23(16-22)33-26-6-7-31-25-5-4-19(15-24(25)26)20-14-21(18-30-17-20)27-34-35-28(38-27)32-8-9-36-10-12-37-13-11-36;23-16-2-1-3-17(10-16)26-20-6-7-25-19-5-4-13(9-18(19)20)14-8-15(12-24-11-14)21-27-28-22(29)30-21;22-16-2-1-3-17(10-16)25-20-6-7-24-19-5-4-13(9-18(19)20)14-8-15(21(26)27)12-23-11-14/h4-8,13-17,19H,1-3,9-12,18H2,(H2,32,33,39)(H,34,35,36);1-7,14-18H,8-13H2,(H,31,33)(H,32,35);1-12H,(H,25,26)(H,28,29);1-12H,(H,24,25)(H,26,27). The van der Waals surface area contributed by atoms with Crippen molar-refractivity contribution >= 4 is 159 Å². The highest BCUT2D eigenvalue weighted by Crippen LogP contribution is 2.38. The van der Waals surface area contributed by atoms with Gasteiger partial charge >= 0.3 is 23.8 Å². The van der Waals surface area contributed by atoms with Gasteiger partial charge in [-0.25, -0.2) is 29.5 Å². The number of carbonyl (C=O) groups is 3. The smallest absolute Gasteiger partial charge is 0.434 e. The maximum atomic E-state index is 12.8. The summed E-state index contributed by atoms with van der Waals surface area (Å²) in [6, 6.07) is 66.8. The van der Waals surface area contributed by atoms with Crippen molar-refractivity contribution in [3.8, 4) is 67.4 Å². The van der Waals surface area contributed by atoms with Crippen LogP contribution in [0.5, 0.6) is 0 Å². The summed E-state index contributed by atoms with van der Waals surface area (Å²) < 4.78 is 16.3. The van der Waals surface area contributed by atoms with Crippen molar-refractivity contribution in [2.75, 3.05) is 98.7 Å². The monoisotopic (exact) mass is 1860 g/mol. The minimum atomic E-state index is -1.00. The normalized spacial score (nSPS) is 12.6. The minimum Gasteiger partial charge on any atom is -0.478 e. The molecule has 0 unspecified atom stereocenters. The molecule has 10 aromatic heterocycles. The number of aromatic amines is 1. The molecule has 670 valence electrons. The van der Waals surface area contributed by atoms with Crippen molar-refractivity contribution in [1.82, 2.24) is 85.7 Å². The molecule has 2 saturated heterocycles. The summed E-state index contributed by atoms with van der Waals surface area (Å²) in [5.74, 6) is -0.582. The highest BCUT2D eigenvalue weighted by molar-refractivity contribution is 6.32. The van der Waals surface area contributed by atoms with Crippen LogP contribution in [0.4, 0.5) is 56.4 Å². The molecule has 0 spiro atoms. The number of H-pyrrole nitrogens is 1. The third-order valence-corrected chi connectivity index (χ3v) is 22.8. The molecule has 2 aliphatic rings. The fourth-order valence-electron chi connectivity index (χ4n) is 15.1. The van der Waals surface area contributed by atoms with Gasteiger partial charge in [-0.3, -0.25) is 44.6 Å². The quantitative estimate of drug-likeness (QED) is 0.0240. The summed E-state index contributed by atoms with van der Waals surface area (Å²) in [6.45, 7) is 8.47. The van der Waals surface area contributed by atoms with Gasteiger partial charge in [0.1, 0.15) is 12.1 Å². The Balaban J connectivity index is 0.000000126. The van der Waals surface area contributed by atoms with E-state index in [0.29, 0.717) is 55.5 Å². The number of morpholine rings is 1. The molecular weight excluding hydrogens is 1780 g/mol. The van der Waals surface area contributed by atoms with Crippen LogP contribution in [-0.4, -0.2) is 170 Å². The van der Waals surface area contributed by atoms with Gasteiger partial charge in [0.2, 0.25) is 0 Å². The first-order chi connectivity index (χ1) is 65.5. The molecule has 2 fully saturated rings. The zero-order valence-electron chi connectivity index (χ0n) is 71.6. The fraction of sp³-hybridized carbons (Fsp3) is 0.140. The fourth-order valence-corrected chi connectivity index (χ4v) is 15.9. The maximum absolute atomic E-state index is 12.8. The number of likely N-dealkylation sites (tertiary alicyclic amines) is 1. The first kappa shape index (κ1) is 90.4. The number of anilines is 9. The van der Waals surface area contributed by atoms with Crippen LogP contribution in [0.2, 0.25) is 20.1 Å². The lowest BCUT2D eigenvalue weighted by molar-refractivity contribution is 0.0398. The number of carboxylic acids is 1. The molecule has 0 bridgehead atoms. The van der Waals surface area contributed by atoms with Gasteiger partial charge in [0, 0.05) is 217 Å². The number of benzene rings is 8. The molecule has 0 atom stereocenters. The summed E-state index contributed by atoms with van der Waals surface area (Å²) in [5.41, 5.74) is 18.4. The predicted molar refractivity (Wildman–Crippen MR) is 525 cm³/mol. The van der Waals surface area contributed by atoms with Crippen LogP contribution in [0.15, 0.2) is 300 Å². The highest BCUT2D eigenvalue weighted by Gasteiger charge is 2.20. The highest BCUT2D eigenvalue weighted by atomic mass is 35.5. The van der Waals surface area contributed by atoms with E-state index in [4.69, 9.17) is 60.0 Å². The Morgan fingerprint density at radius 1 is 0.403 bits per heavy atom. The van der Waals surface area contributed by atoms with Gasteiger partial charge < -0.3 is 60.8 Å². The molecule has 12 heterocycles. The second-order valence-corrected chi connectivity index (χ2v) is 32.8. The number of ether oxygens (including phenoxy) is 1. The Morgan fingerprint density at radius 3 is 1.34 bits per heavy atom. The van der Waals surface area contributed by atoms with E-state index in [1.165, 1.54) is 38.0 Å². The van der Waals surface area contributed by atoms with E-state index in [2.05, 4.69) is 118 Å². The molecule has 0 saturated carbocycles. The number of ketones is 1. The van der Waals surface area contributed by atoms with Crippen LogP contribution >= 0.6 is 46.4 Å². The number of piperidine rings is 1. The van der Waals surface area contributed by atoms with Crippen molar-refractivity contribution in [1.29, 1.82) is 0 Å². The van der Waals surface area contributed by atoms with Gasteiger partial charge in [-0.2, -0.15) is 0 Å². The number of Topliss-reactive ketones (excluding diaryl/α,β-unsaturated/α-hetero) is 1. The molecule has 30 nitrogen and oxygen atoms in total. The number of pyridine rings is 7. The number of carboxylic acid groups (broad SMARTS) is 1. The molecule has 8 aromatic carbocycles. The molecule has 18 aromatic rings. The zero-order valence-corrected chi connectivity index (χ0v) is 74.6. The van der Waals surface area contributed by atoms with Gasteiger partial charge in [-0.15, -0.1) is 10.2 Å². The first-order valence-electron chi connectivity index (χ1n) is 42.8. The first-order valence-corrected chi connectivity index (χ1v) is 44.3. The van der Waals surface area contributed by atoms with E-state index in [-0.39, 0.29) is 29.8 Å². The van der Waals surface area contributed by atoms with Gasteiger partial charge in [-0.1, -0.05) is 106 Å². The van der Waals surface area contributed by atoms with Gasteiger partial charge in [0.15, 0.2) is 5.78 Å². The molecule has 0 radical (unpaired) electrons. The van der Waals surface area contributed by atoms with Gasteiger partial charge in [0.05, 0.1) is 58.5 Å². The lowest BCUT2D eigenvalue weighted by Gasteiger charge is -2.26. The van der Waals surface area contributed by atoms with E-state index >= 15 is 0 Å². The molecule has 9 N–H and O–H groups in total. The maximum Gasteiger partial charge on any atom is 0.434 e. The molecule has 20 rings (SSSR count). The Labute approximate surface area is 787 Å². The van der Waals surface area contributed by atoms with Crippen LogP contribution in [0.25, 0.3) is 111 Å². The zero-order chi connectivity index (χ0) is 92.1. The van der Waals surface area contributed by atoms with Crippen molar-refractivity contribution in [3.63, 3.8) is 0 Å². The summed E-state index contributed by atoms with van der Waals surface area (Å²) >= 11 is 24.5. The Hall–Kier alpha value is -15.5. The second kappa shape index (κ2) is 43.5. The SMILES string of the molecule is Clc1cccc(Nc2ccnc3ccc(-c4cncc(-c5nnc(NCCN6CCOCC6)o5)c4)cc23)c1.O=C(NCCN1CCCCC1)NCC(=O)c1cncc(-c2ccc3ncnc(Nc4cccc(Cl)c4)c3c2)c1.O=C(O)c1cncc(-c2ccc3nccc(Nc4cccc(Cl)c4)c3c2)c1.O=c1[nH]nc(-c2cncc(-c3ccc4nccc(Nc5cccc(Cl)c5)c4c3)c2)o1. The number of hydrogen-bond donors (Lipinski definition) is 9. The predicted octanol–water partition coefficient (Wildman–Crippen LogP) is 21.0. The molecule has 2 aliphatic heterocycles. The summed E-state index contributed by atoms with van der Waals surface area (Å²) in [5, 5.41) is 52.2. The minimum absolute atomic E-state index is 0.111. The lowest BCUT2D eigenvalue weighted by atomic mass is 10.0. The number of carbonyl (C=O) groups excluding carboxylic acids is 2. The number of aromatic carboxylic acids is 1. The number of hydrogen-bond acceptors (Lipinski definition) is 26. The Bertz CT molecular complexity index is 7320. The second-order valence-electron chi connectivity index (χ2n) is 31.1. The van der Waals surface area contributed by atoms with E-state index < -0.39 is 11.7 Å². The van der Waals surface area contributed by atoms with Crippen LogP contribution in [0.3, 0.4) is 0 Å². The summed E-state index contributed by atoms with van der Waals surface area (Å²) in [4.78, 5) is 91.3. The average Bonchev–Trinajstić information content (AvgIpc) is 0.887. The van der Waals surface area contributed by atoms with Crippen molar-refractivity contribution in [2.24, 2.45) is 0 Å². The number of rotatable bonds is 25. The topological polar surface area (TPSA) is 385 Å². The molecule has 134 heavy (non-hydrogen) atoms. The van der Waals surface area contributed by atoms with Crippen molar-refractivity contribution in [3.05, 3.63) is 329 Å². The van der Waals surface area contributed by atoms with Crippen LogP contribution in [0, 0.1) is 0 Å².